The fourth-order valence-corrected chi connectivity index (χ4v) is 4.63. The third-order valence-corrected chi connectivity index (χ3v) is 6.95. The van der Waals surface area contributed by atoms with Gasteiger partial charge in [0.05, 0.1) is 11.1 Å². The Balaban J connectivity index is 1.31. The van der Waals surface area contributed by atoms with Crippen LogP contribution in [-0.2, 0) is 14.9 Å². The van der Waals surface area contributed by atoms with Crippen molar-refractivity contribution in [2.24, 2.45) is 0 Å². The number of carbonyl (C=O) groups is 2. The molecule has 8 nitrogen and oxygen atoms in total. The van der Waals surface area contributed by atoms with Crippen LogP contribution in [-0.4, -0.2) is 21.7 Å². The van der Waals surface area contributed by atoms with Crippen LogP contribution in [0.4, 0.5) is 10.6 Å². The van der Waals surface area contributed by atoms with Gasteiger partial charge in [-0.2, -0.15) is 0 Å². The zero-order valence-electron chi connectivity index (χ0n) is 19.8. The average molecular weight is 519 g/mol. The third-order valence-electron chi connectivity index (χ3n) is 6.61. The van der Waals surface area contributed by atoms with Gasteiger partial charge in [0.25, 0.3) is 0 Å². The van der Waals surface area contributed by atoms with Gasteiger partial charge in [0.15, 0.2) is 5.82 Å². The zero-order chi connectivity index (χ0) is 26.2. The molecule has 5 rings (SSSR count). The number of aliphatic carboxylic acids is 1. The van der Waals surface area contributed by atoms with Gasteiger partial charge in [0.1, 0.15) is 12.4 Å². The average Bonchev–Trinajstić information content (AvgIpc) is 3.63. The van der Waals surface area contributed by atoms with Gasteiger partial charge < -0.3 is 14.3 Å². The maximum atomic E-state index is 12.5. The molecule has 1 atom stereocenters. The van der Waals surface area contributed by atoms with Crippen molar-refractivity contribution < 1.29 is 23.8 Å². The Kier molecular flexibility index (Phi) is 6.35. The van der Waals surface area contributed by atoms with Gasteiger partial charge in [-0.3, -0.25) is 10.1 Å². The van der Waals surface area contributed by atoms with Crippen molar-refractivity contribution in [2.75, 3.05) is 5.32 Å². The molecule has 1 unspecified atom stereocenters. The van der Waals surface area contributed by atoms with E-state index < -0.39 is 29.3 Å². The van der Waals surface area contributed by atoms with Crippen LogP contribution in [0.5, 0.6) is 0 Å². The van der Waals surface area contributed by atoms with E-state index in [1.165, 1.54) is 4.57 Å². The van der Waals surface area contributed by atoms with Crippen molar-refractivity contribution in [1.29, 1.82) is 0 Å². The molecule has 4 aromatic rings. The van der Waals surface area contributed by atoms with E-state index in [2.05, 4.69) is 5.32 Å². The molecule has 9 heteroatoms. The molecule has 1 aromatic heterocycles. The van der Waals surface area contributed by atoms with Crippen molar-refractivity contribution >= 4 is 29.5 Å². The number of aromatic nitrogens is 1. The second kappa shape index (κ2) is 9.63. The topological polar surface area (TPSA) is 111 Å². The van der Waals surface area contributed by atoms with E-state index in [-0.39, 0.29) is 5.82 Å². The SMILES string of the molecule is CC(OC(=O)Nc1coc(=O)n1-c1ccc(-c2ccc(C3(C(=O)O)CC3)cc2)cc1)c1ccccc1Cl. The van der Waals surface area contributed by atoms with Gasteiger partial charge in [-0.05, 0) is 54.7 Å². The van der Waals surface area contributed by atoms with E-state index in [4.69, 9.17) is 20.8 Å². The minimum absolute atomic E-state index is 0.113. The molecule has 1 aliphatic rings. The first kappa shape index (κ1) is 24.4. The highest BCUT2D eigenvalue weighted by atomic mass is 35.5. The number of carboxylic acid groups (broad SMARTS) is 1. The van der Waals surface area contributed by atoms with Gasteiger partial charge >= 0.3 is 17.8 Å². The number of hydrogen-bond acceptors (Lipinski definition) is 5. The number of oxazole rings is 1. The summed E-state index contributed by atoms with van der Waals surface area (Å²) in [4.78, 5) is 36.5. The van der Waals surface area contributed by atoms with Crippen LogP contribution in [0, 0.1) is 0 Å². The maximum Gasteiger partial charge on any atom is 0.425 e. The van der Waals surface area contributed by atoms with E-state index in [1.54, 1.807) is 43.3 Å². The Hall–Kier alpha value is -4.30. The fourth-order valence-electron chi connectivity index (χ4n) is 4.34. The molecule has 1 fully saturated rings. The molecule has 0 saturated heterocycles. The predicted octanol–water partition coefficient (Wildman–Crippen LogP) is 6.18. The lowest BCUT2D eigenvalue weighted by molar-refractivity contribution is -0.140. The summed E-state index contributed by atoms with van der Waals surface area (Å²) in [5.74, 6) is -1.35. The number of amides is 1. The number of benzene rings is 3. The van der Waals surface area contributed by atoms with Crippen molar-refractivity contribution in [3.05, 3.63) is 106 Å². The molecule has 1 heterocycles. The highest BCUT2D eigenvalue weighted by molar-refractivity contribution is 6.31. The molecule has 2 N–H and O–H groups in total. The van der Waals surface area contributed by atoms with E-state index in [1.807, 2.05) is 36.4 Å². The molecule has 0 spiro atoms. The minimum atomic E-state index is -0.790. The number of anilines is 1. The Labute approximate surface area is 217 Å². The second-order valence-electron chi connectivity index (χ2n) is 8.93. The van der Waals surface area contributed by atoms with Crippen molar-refractivity contribution in [3.8, 4) is 16.8 Å². The lowest BCUT2D eigenvalue weighted by atomic mass is 9.94. The smallest absolute Gasteiger partial charge is 0.425 e. The summed E-state index contributed by atoms with van der Waals surface area (Å²) in [6.45, 7) is 1.70. The first-order chi connectivity index (χ1) is 17.8. The van der Waals surface area contributed by atoms with E-state index in [0.29, 0.717) is 29.1 Å². The largest absolute Gasteiger partial charge is 0.481 e. The fraction of sp³-hybridized carbons (Fsp3) is 0.179. The van der Waals surface area contributed by atoms with E-state index in [0.717, 1.165) is 23.0 Å². The van der Waals surface area contributed by atoms with Crippen LogP contribution in [0.2, 0.25) is 5.02 Å². The molecule has 0 bridgehead atoms. The second-order valence-corrected chi connectivity index (χ2v) is 9.33. The Bertz CT molecular complexity index is 1520. The van der Waals surface area contributed by atoms with Gasteiger partial charge in [-0.1, -0.05) is 66.2 Å². The molecule has 188 valence electrons. The van der Waals surface area contributed by atoms with Crippen LogP contribution in [0.25, 0.3) is 16.8 Å². The standard InChI is InChI=1S/C28H23ClN2O6/c1-17(22-4-2-3-5-23(22)29)37-26(34)30-24-16-36-27(35)31(24)21-12-8-19(9-13-21)18-6-10-20(11-7-18)28(14-15-28)25(32)33/h2-13,16-17H,14-15H2,1H3,(H,30,34)(H,32,33). The van der Waals surface area contributed by atoms with Crippen molar-refractivity contribution in [2.45, 2.75) is 31.3 Å². The lowest BCUT2D eigenvalue weighted by Gasteiger charge is -2.15. The van der Waals surface area contributed by atoms with E-state index in [9.17, 15) is 19.5 Å². The summed E-state index contributed by atoms with van der Waals surface area (Å²) < 4.78 is 11.7. The molecular weight excluding hydrogens is 496 g/mol. The Morgan fingerprint density at radius 3 is 2.24 bits per heavy atom. The monoisotopic (exact) mass is 518 g/mol. The van der Waals surface area contributed by atoms with Crippen LogP contribution in [0.3, 0.4) is 0 Å². The quantitative estimate of drug-likeness (QED) is 0.302. The van der Waals surface area contributed by atoms with Crippen molar-refractivity contribution in [3.63, 3.8) is 0 Å². The molecule has 1 amide bonds. The molecule has 0 aliphatic heterocycles. The normalized spacial score (nSPS) is 14.5. The number of ether oxygens (including phenoxy) is 1. The molecule has 0 radical (unpaired) electrons. The van der Waals surface area contributed by atoms with Gasteiger partial charge in [0.2, 0.25) is 0 Å². The van der Waals surface area contributed by atoms with Crippen molar-refractivity contribution in [1.82, 2.24) is 4.57 Å². The minimum Gasteiger partial charge on any atom is -0.481 e. The first-order valence-electron chi connectivity index (χ1n) is 11.7. The number of hydrogen-bond donors (Lipinski definition) is 2. The summed E-state index contributed by atoms with van der Waals surface area (Å²) in [5.41, 5.74) is 2.98. The summed E-state index contributed by atoms with van der Waals surface area (Å²) in [6.07, 6.45) is 1.06. The molecule has 3 aromatic carbocycles. The van der Waals surface area contributed by atoms with Crippen LogP contribution in [0.1, 0.15) is 37.0 Å². The molecule has 1 aliphatic carbocycles. The molecule has 37 heavy (non-hydrogen) atoms. The molecular formula is C28H23ClN2O6. The Morgan fingerprint density at radius 2 is 1.65 bits per heavy atom. The highest BCUT2D eigenvalue weighted by Crippen LogP contribution is 2.48. The maximum absolute atomic E-state index is 12.5. The number of halogens is 1. The van der Waals surface area contributed by atoms with Gasteiger partial charge in [-0.25, -0.2) is 14.2 Å². The summed E-state index contributed by atoms with van der Waals surface area (Å²) in [6, 6.07) is 21.6. The lowest BCUT2D eigenvalue weighted by Crippen LogP contribution is -2.21. The number of carboxylic acids is 1. The predicted molar refractivity (Wildman–Crippen MR) is 138 cm³/mol. The van der Waals surface area contributed by atoms with Crippen LogP contribution in [0.15, 0.2) is 88.3 Å². The highest BCUT2D eigenvalue weighted by Gasteiger charge is 2.51. The summed E-state index contributed by atoms with van der Waals surface area (Å²) in [5, 5.41) is 12.5. The number of carbonyl (C=O) groups excluding carboxylic acids is 1. The number of rotatable bonds is 7. The zero-order valence-corrected chi connectivity index (χ0v) is 20.6. The Morgan fingerprint density at radius 1 is 1.03 bits per heavy atom. The number of nitrogens with one attached hydrogen (secondary N) is 1. The number of nitrogens with zero attached hydrogens (tertiary/aromatic N) is 1. The third kappa shape index (κ3) is 4.75. The molecule has 1 saturated carbocycles. The summed E-state index contributed by atoms with van der Waals surface area (Å²) >= 11 is 6.18. The van der Waals surface area contributed by atoms with E-state index >= 15 is 0 Å². The van der Waals surface area contributed by atoms with Gasteiger partial charge in [0, 0.05) is 10.6 Å². The summed E-state index contributed by atoms with van der Waals surface area (Å²) in [7, 11) is 0. The van der Waals surface area contributed by atoms with Gasteiger partial charge in [-0.15, -0.1) is 0 Å². The van der Waals surface area contributed by atoms with Crippen LogP contribution >= 0.6 is 11.6 Å². The van der Waals surface area contributed by atoms with Crippen LogP contribution < -0.4 is 11.1 Å². The first-order valence-corrected chi connectivity index (χ1v) is 12.0.